The van der Waals surface area contributed by atoms with Gasteiger partial charge < -0.3 is 14.8 Å². The van der Waals surface area contributed by atoms with Crippen LogP contribution >= 0.6 is 11.8 Å². The first kappa shape index (κ1) is 19.8. The lowest BCUT2D eigenvalue weighted by Crippen LogP contribution is -2.14. The van der Waals surface area contributed by atoms with Crippen LogP contribution in [-0.2, 0) is 4.79 Å². The van der Waals surface area contributed by atoms with Crippen molar-refractivity contribution in [3.63, 3.8) is 0 Å². The second kappa shape index (κ2) is 8.88. The number of aromatic hydroxyl groups is 1. The summed E-state index contributed by atoms with van der Waals surface area (Å²) in [7, 11) is 0. The summed E-state index contributed by atoms with van der Waals surface area (Å²) in [5.41, 5.74) is 3.97. The van der Waals surface area contributed by atoms with E-state index in [1.54, 1.807) is 25.1 Å². The maximum atomic E-state index is 12.3. The van der Waals surface area contributed by atoms with Crippen LogP contribution in [-0.4, -0.2) is 21.8 Å². The average molecular weight is 417 g/mol. The van der Waals surface area contributed by atoms with Crippen molar-refractivity contribution in [1.82, 2.24) is 4.98 Å². The Morgan fingerprint density at radius 2 is 1.67 bits per heavy atom. The first-order valence-electron chi connectivity index (χ1n) is 9.44. The van der Waals surface area contributed by atoms with E-state index in [1.165, 1.54) is 11.8 Å². The molecule has 0 atom stereocenters. The number of nitrogens with one attached hydrogen (secondary N) is 1. The molecule has 0 saturated heterocycles. The molecule has 0 spiro atoms. The normalized spacial score (nSPS) is 10.7. The van der Waals surface area contributed by atoms with Crippen molar-refractivity contribution in [2.75, 3.05) is 11.1 Å². The molecule has 30 heavy (non-hydrogen) atoms. The Labute approximate surface area is 178 Å². The predicted octanol–water partition coefficient (Wildman–Crippen LogP) is 5.75. The van der Waals surface area contributed by atoms with Gasteiger partial charge in [-0.25, -0.2) is 4.98 Å². The molecule has 1 amide bonds. The number of hydrogen-bond donors (Lipinski definition) is 2. The molecule has 3 aromatic carbocycles. The van der Waals surface area contributed by atoms with E-state index < -0.39 is 0 Å². The van der Waals surface area contributed by atoms with Crippen LogP contribution < -0.4 is 5.32 Å². The molecule has 2 N–H and O–H groups in total. The van der Waals surface area contributed by atoms with Crippen molar-refractivity contribution in [2.45, 2.75) is 12.1 Å². The van der Waals surface area contributed by atoms with Crippen molar-refractivity contribution in [3.05, 3.63) is 84.4 Å². The number of benzene rings is 3. The lowest BCUT2D eigenvalue weighted by atomic mass is 10.1. The molecule has 1 aromatic heterocycles. The standard InChI is InChI=1S/C24H20N2O3S/c1-16-14-19(12-13-20(16)27)25-21(28)15-30-24-26-22(17-8-4-2-5-9-17)23(29-24)18-10-6-3-7-11-18/h2-14,27H,15H2,1H3,(H,25,28). The monoisotopic (exact) mass is 416 g/mol. The topological polar surface area (TPSA) is 75.4 Å². The van der Waals surface area contributed by atoms with Gasteiger partial charge in [0, 0.05) is 16.8 Å². The minimum Gasteiger partial charge on any atom is -0.508 e. The summed E-state index contributed by atoms with van der Waals surface area (Å²) < 4.78 is 6.03. The molecule has 0 saturated carbocycles. The second-order valence-corrected chi connectivity index (χ2v) is 7.65. The maximum absolute atomic E-state index is 12.3. The number of hydrogen-bond acceptors (Lipinski definition) is 5. The number of rotatable bonds is 6. The van der Waals surface area contributed by atoms with Crippen LogP contribution in [0.25, 0.3) is 22.6 Å². The van der Waals surface area contributed by atoms with E-state index in [9.17, 15) is 9.90 Å². The molecule has 1 heterocycles. The Hall–Kier alpha value is -3.51. The molecule has 0 aliphatic heterocycles. The summed E-state index contributed by atoms with van der Waals surface area (Å²) >= 11 is 1.24. The van der Waals surface area contributed by atoms with Crippen molar-refractivity contribution >= 4 is 23.4 Å². The first-order valence-corrected chi connectivity index (χ1v) is 10.4. The van der Waals surface area contributed by atoms with Crippen molar-refractivity contribution in [3.8, 4) is 28.3 Å². The van der Waals surface area contributed by atoms with Gasteiger partial charge in [0.2, 0.25) is 5.91 Å². The summed E-state index contributed by atoms with van der Waals surface area (Å²) in [6.07, 6.45) is 0. The van der Waals surface area contributed by atoms with E-state index in [2.05, 4.69) is 10.3 Å². The number of aryl methyl sites for hydroxylation is 1. The van der Waals surface area contributed by atoms with E-state index in [-0.39, 0.29) is 17.4 Å². The van der Waals surface area contributed by atoms with Gasteiger partial charge in [0.25, 0.3) is 5.22 Å². The zero-order valence-electron chi connectivity index (χ0n) is 16.3. The fourth-order valence-electron chi connectivity index (χ4n) is 3.00. The highest BCUT2D eigenvalue weighted by Crippen LogP contribution is 2.35. The molecule has 4 aromatic rings. The van der Waals surface area contributed by atoms with Crippen molar-refractivity contribution in [2.24, 2.45) is 0 Å². The molecule has 4 rings (SSSR count). The van der Waals surface area contributed by atoms with Crippen molar-refractivity contribution in [1.29, 1.82) is 0 Å². The van der Waals surface area contributed by atoms with Gasteiger partial charge in [0.05, 0.1) is 5.75 Å². The highest BCUT2D eigenvalue weighted by atomic mass is 32.2. The molecule has 150 valence electrons. The van der Waals surface area contributed by atoms with Gasteiger partial charge in [-0.1, -0.05) is 72.4 Å². The second-order valence-electron chi connectivity index (χ2n) is 6.73. The highest BCUT2D eigenvalue weighted by Gasteiger charge is 2.18. The van der Waals surface area contributed by atoms with Crippen LogP contribution in [0.3, 0.4) is 0 Å². The Balaban J connectivity index is 1.52. The van der Waals surface area contributed by atoms with Gasteiger partial charge in [-0.2, -0.15) is 0 Å². The van der Waals surface area contributed by atoms with E-state index >= 15 is 0 Å². The van der Waals surface area contributed by atoms with Crippen LogP contribution in [0.4, 0.5) is 5.69 Å². The number of phenolic OH excluding ortho intramolecular Hbond substituents is 1. The zero-order valence-corrected chi connectivity index (χ0v) is 17.1. The molecule has 5 nitrogen and oxygen atoms in total. The third kappa shape index (κ3) is 4.55. The Bertz CT molecular complexity index is 1100. The number of anilines is 1. The number of aromatic nitrogens is 1. The molecule has 0 bridgehead atoms. The molecule has 0 unspecified atom stereocenters. The largest absolute Gasteiger partial charge is 0.508 e. The smallest absolute Gasteiger partial charge is 0.257 e. The molecule has 6 heteroatoms. The average Bonchev–Trinajstić information content (AvgIpc) is 3.21. The fourth-order valence-corrected chi connectivity index (χ4v) is 3.62. The van der Waals surface area contributed by atoms with Gasteiger partial charge in [0.1, 0.15) is 11.4 Å². The Morgan fingerprint density at radius 1 is 1.00 bits per heavy atom. The number of nitrogens with zero attached hydrogens (tertiary/aromatic N) is 1. The summed E-state index contributed by atoms with van der Waals surface area (Å²) in [4.78, 5) is 17.0. The Morgan fingerprint density at radius 3 is 2.33 bits per heavy atom. The lowest BCUT2D eigenvalue weighted by Gasteiger charge is -2.06. The number of oxazole rings is 1. The zero-order chi connectivity index (χ0) is 20.9. The number of amides is 1. The maximum Gasteiger partial charge on any atom is 0.257 e. The fraction of sp³-hybridized carbons (Fsp3) is 0.0833. The first-order chi connectivity index (χ1) is 14.6. The van der Waals surface area contributed by atoms with Gasteiger partial charge in [-0.15, -0.1) is 0 Å². The van der Waals surface area contributed by atoms with Crippen LogP contribution in [0.2, 0.25) is 0 Å². The summed E-state index contributed by atoms with van der Waals surface area (Å²) in [6, 6.07) is 24.6. The number of thioether (sulfide) groups is 1. The van der Waals surface area contributed by atoms with Crippen LogP contribution in [0.1, 0.15) is 5.56 Å². The van der Waals surface area contributed by atoms with E-state index in [1.807, 2.05) is 60.7 Å². The third-order valence-corrected chi connectivity index (χ3v) is 5.33. The number of carbonyl (C=O) groups is 1. The van der Waals surface area contributed by atoms with Gasteiger partial charge in [0.15, 0.2) is 5.76 Å². The number of carbonyl (C=O) groups excluding carboxylic acids is 1. The molecular weight excluding hydrogens is 396 g/mol. The van der Waals surface area contributed by atoms with E-state index in [4.69, 9.17) is 4.42 Å². The summed E-state index contributed by atoms with van der Waals surface area (Å²) in [6.45, 7) is 1.78. The summed E-state index contributed by atoms with van der Waals surface area (Å²) in [5.74, 6) is 0.858. The predicted molar refractivity (Wildman–Crippen MR) is 120 cm³/mol. The van der Waals surface area contributed by atoms with Gasteiger partial charge >= 0.3 is 0 Å². The minimum atomic E-state index is -0.175. The molecular formula is C24H20N2O3S. The lowest BCUT2D eigenvalue weighted by molar-refractivity contribution is -0.113. The van der Waals surface area contributed by atoms with Crippen molar-refractivity contribution < 1.29 is 14.3 Å². The number of phenols is 1. The van der Waals surface area contributed by atoms with Gasteiger partial charge in [-0.05, 0) is 30.7 Å². The quantitative estimate of drug-likeness (QED) is 0.309. The molecule has 0 aliphatic carbocycles. The third-order valence-electron chi connectivity index (χ3n) is 4.50. The Kier molecular flexibility index (Phi) is 5.86. The SMILES string of the molecule is Cc1cc(NC(=O)CSc2nc(-c3ccccc3)c(-c3ccccc3)o2)ccc1O. The molecule has 0 radical (unpaired) electrons. The molecule has 0 fully saturated rings. The van der Waals surface area contributed by atoms with Crippen LogP contribution in [0.15, 0.2) is 88.5 Å². The molecule has 0 aliphatic rings. The minimum absolute atomic E-state index is 0.156. The van der Waals surface area contributed by atoms with E-state index in [0.29, 0.717) is 22.2 Å². The van der Waals surface area contributed by atoms with E-state index in [0.717, 1.165) is 16.8 Å². The van der Waals surface area contributed by atoms with Gasteiger partial charge in [-0.3, -0.25) is 4.79 Å². The summed E-state index contributed by atoms with van der Waals surface area (Å²) in [5, 5.41) is 12.9. The van der Waals surface area contributed by atoms with Crippen LogP contribution in [0.5, 0.6) is 5.75 Å². The highest BCUT2D eigenvalue weighted by molar-refractivity contribution is 7.99. The van der Waals surface area contributed by atoms with Crippen LogP contribution in [0, 0.1) is 6.92 Å².